The number of nitrogens with one attached hydrogen (secondary N) is 1. The van der Waals surface area contributed by atoms with E-state index in [4.69, 9.17) is 4.74 Å². The van der Waals surface area contributed by atoms with Crippen molar-refractivity contribution in [1.82, 2.24) is 10.2 Å². The van der Waals surface area contributed by atoms with Gasteiger partial charge in [-0.1, -0.05) is 6.92 Å². The van der Waals surface area contributed by atoms with Gasteiger partial charge in [-0.25, -0.2) is 0 Å². The van der Waals surface area contributed by atoms with Crippen LogP contribution >= 0.6 is 0 Å². The highest BCUT2D eigenvalue weighted by atomic mass is 16.5. The number of esters is 1. The first-order chi connectivity index (χ1) is 9.59. The van der Waals surface area contributed by atoms with E-state index in [0.717, 1.165) is 25.4 Å². The maximum atomic E-state index is 12.0. The van der Waals surface area contributed by atoms with E-state index >= 15 is 0 Å². The van der Waals surface area contributed by atoms with Gasteiger partial charge in [0.05, 0.1) is 7.11 Å². The molecule has 0 aromatic rings. The summed E-state index contributed by atoms with van der Waals surface area (Å²) in [5.74, 6) is -0.113. The largest absolute Gasteiger partial charge is 0.468 e. The number of hydrogen-bond acceptors (Lipinski definition) is 4. The fourth-order valence-electron chi connectivity index (χ4n) is 3.42. The molecule has 4 nitrogen and oxygen atoms in total. The van der Waals surface area contributed by atoms with E-state index in [1.807, 2.05) is 6.92 Å². The fraction of sp³-hybridized carbons (Fsp3) is 0.938. The zero-order chi connectivity index (χ0) is 14.6. The molecule has 2 atom stereocenters. The van der Waals surface area contributed by atoms with Crippen molar-refractivity contribution >= 4 is 5.97 Å². The molecule has 1 heterocycles. The number of rotatable bonds is 8. The molecule has 0 bridgehead atoms. The van der Waals surface area contributed by atoms with Crippen molar-refractivity contribution in [2.75, 3.05) is 20.2 Å². The lowest BCUT2D eigenvalue weighted by Gasteiger charge is -2.30. The van der Waals surface area contributed by atoms with Crippen molar-refractivity contribution in [2.24, 2.45) is 0 Å². The molecule has 1 aliphatic heterocycles. The molecule has 0 aromatic carbocycles. The van der Waals surface area contributed by atoms with E-state index in [1.165, 1.54) is 45.8 Å². The maximum Gasteiger partial charge on any atom is 0.325 e. The van der Waals surface area contributed by atoms with Gasteiger partial charge in [-0.3, -0.25) is 10.1 Å². The molecule has 0 radical (unpaired) electrons. The summed E-state index contributed by atoms with van der Waals surface area (Å²) in [4.78, 5) is 14.6. The number of likely N-dealkylation sites (tertiary alicyclic amines) is 1. The van der Waals surface area contributed by atoms with E-state index in [9.17, 15) is 4.79 Å². The quantitative estimate of drug-likeness (QED) is 0.694. The smallest absolute Gasteiger partial charge is 0.325 e. The van der Waals surface area contributed by atoms with Gasteiger partial charge in [0.15, 0.2) is 0 Å². The monoisotopic (exact) mass is 282 g/mol. The summed E-state index contributed by atoms with van der Waals surface area (Å²) < 4.78 is 4.99. The first kappa shape index (κ1) is 15.8. The van der Waals surface area contributed by atoms with Crippen LogP contribution in [0, 0.1) is 0 Å². The molecular formula is C16H30N2O2. The maximum absolute atomic E-state index is 12.0. The number of carbonyl (C=O) groups excluding carboxylic acids is 1. The van der Waals surface area contributed by atoms with E-state index in [2.05, 4.69) is 17.1 Å². The van der Waals surface area contributed by atoms with Crippen LogP contribution in [0.4, 0.5) is 0 Å². The molecule has 0 spiro atoms. The fourth-order valence-corrected chi connectivity index (χ4v) is 3.42. The summed E-state index contributed by atoms with van der Waals surface area (Å²) in [6, 6.07) is 1.28. The van der Waals surface area contributed by atoms with Crippen molar-refractivity contribution in [3.8, 4) is 0 Å². The van der Waals surface area contributed by atoms with Gasteiger partial charge < -0.3 is 9.64 Å². The second-order valence-corrected chi connectivity index (χ2v) is 6.59. The molecule has 1 saturated carbocycles. The van der Waals surface area contributed by atoms with Crippen LogP contribution in [0.15, 0.2) is 0 Å². The first-order valence-corrected chi connectivity index (χ1v) is 8.19. The number of ether oxygens (including phenoxy) is 1. The lowest BCUT2D eigenvalue weighted by Crippen LogP contribution is -2.51. The standard InChI is InChI=1S/C16H30N2O2/c1-4-14-7-5-11-18(14)12-6-10-16(2,15(19)20-3)17-13-8-9-13/h13-14,17H,4-12H2,1-3H3. The average molecular weight is 282 g/mol. The Labute approximate surface area is 123 Å². The van der Waals surface area contributed by atoms with Gasteiger partial charge in [-0.05, 0) is 65.0 Å². The van der Waals surface area contributed by atoms with E-state index in [-0.39, 0.29) is 5.97 Å². The zero-order valence-electron chi connectivity index (χ0n) is 13.3. The summed E-state index contributed by atoms with van der Waals surface area (Å²) in [6.07, 6.45) is 8.21. The van der Waals surface area contributed by atoms with Gasteiger partial charge in [0, 0.05) is 12.1 Å². The topological polar surface area (TPSA) is 41.6 Å². The lowest BCUT2D eigenvalue weighted by atomic mass is 9.95. The van der Waals surface area contributed by atoms with Gasteiger partial charge in [0.1, 0.15) is 5.54 Å². The molecule has 20 heavy (non-hydrogen) atoms. The average Bonchev–Trinajstić information content (AvgIpc) is 3.13. The van der Waals surface area contributed by atoms with Crippen LogP contribution in [0.25, 0.3) is 0 Å². The van der Waals surface area contributed by atoms with Crippen LogP contribution in [-0.2, 0) is 9.53 Å². The number of nitrogens with zero attached hydrogens (tertiary/aromatic N) is 1. The SMILES string of the molecule is CCC1CCCN1CCCC(C)(NC1CC1)C(=O)OC. The summed E-state index contributed by atoms with van der Waals surface area (Å²) in [5, 5.41) is 3.48. The second kappa shape index (κ2) is 6.90. The number of hydrogen-bond donors (Lipinski definition) is 1. The Kier molecular flexibility index (Phi) is 5.44. The van der Waals surface area contributed by atoms with E-state index < -0.39 is 5.54 Å². The molecule has 2 unspecified atom stereocenters. The molecule has 116 valence electrons. The summed E-state index contributed by atoms with van der Waals surface area (Å²) in [6.45, 7) is 6.61. The van der Waals surface area contributed by atoms with Crippen LogP contribution in [-0.4, -0.2) is 48.7 Å². The molecule has 0 amide bonds. The van der Waals surface area contributed by atoms with Crippen LogP contribution in [0.3, 0.4) is 0 Å². The zero-order valence-corrected chi connectivity index (χ0v) is 13.3. The molecule has 1 saturated heterocycles. The highest BCUT2D eigenvalue weighted by molar-refractivity contribution is 5.80. The third kappa shape index (κ3) is 3.95. The second-order valence-electron chi connectivity index (χ2n) is 6.59. The van der Waals surface area contributed by atoms with Crippen molar-refractivity contribution in [3.63, 3.8) is 0 Å². The Hall–Kier alpha value is -0.610. The normalized spacial score (nSPS) is 26.4. The van der Waals surface area contributed by atoms with E-state index in [1.54, 1.807) is 0 Å². The van der Waals surface area contributed by atoms with Gasteiger partial charge in [-0.2, -0.15) is 0 Å². The predicted molar refractivity (Wildman–Crippen MR) is 80.7 cm³/mol. The van der Waals surface area contributed by atoms with Gasteiger partial charge >= 0.3 is 5.97 Å². The van der Waals surface area contributed by atoms with Crippen LogP contribution in [0.1, 0.15) is 58.8 Å². The summed E-state index contributed by atoms with van der Waals surface area (Å²) in [5.41, 5.74) is -0.503. The summed E-state index contributed by atoms with van der Waals surface area (Å²) in [7, 11) is 1.49. The third-order valence-corrected chi connectivity index (χ3v) is 4.83. The van der Waals surface area contributed by atoms with Crippen molar-refractivity contribution in [1.29, 1.82) is 0 Å². The van der Waals surface area contributed by atoms with Crippen molar-refractivity contribution in [2.45, 2.75) is 76.4 Å². The van der Waals surface area contributed by atoms with Crippen LogP contribution in [0.2, 0.25) is 0 Å². The third-order valence-electron chi connectivity index (χ3n) is 4.83. The van der Waals surface area contributed by atoms with E-state index in [0.29, 0.717) is 6.04 Å². The minimum Gasteiger partial charge on any atom is -0.468 e. The molecule has 1 N–H and O–H groups in total. The van der Waals surface area contributed by atoms with Crippen molar-refractivity contribution < 1.29 is 9.53 Å². The number of carbonyl (C=O) groups is 1. The first-order valence-electron chi connectivity index (χ1n) is 8.19. The molecular weight excluding hydrogens is 252 g/mol. The lowest BCUT2D eigenvalue weighted by molar-refractivity contribution is -0.148. The molecule has 4 heteroatoms. The molecule has 2 aliphatic rings. The Morgan fingerprint density at radius 3 is 2.75 bits per heavy atom. The number of methoxy groups -OCH3 is 1. The van der Waals surface area contributed by atoms with Crippen LogP contribution in [0.5, 0.6) is 0 Å². The Morgan fingerprint density at radius 2 is 2.15 bits per heavy atom. The molecule has 1 aliphatic carbocycles. The molecule has 2 fully saturated rings. The molecule has 2 rings (SSSR count). The highest BCUT2D eigenvalue weighted by Gasteiger charge is 2.39. The minimum atomic E-state index is -0.503. The summed E-state index contributed by atoms with van der Waals surface area (Å²) >= 11 is 0. The predicted octanol–water partition coefficient (Wildman–Crippen LogP) is 2.32. The van der Waals surface area contributed by atoms with Gasteiger partial charge in [-0.15, -0.1) is 0 Å². The van der Waals surface area contributed by atoms with Gasteiger partial charge in [0.2, 0.25) is 0 Å². The van der Waals surface area contributed by atoms with Crippen molar-refractivity contribution in [3.05, 3.63) is 0 Å². The Balaban J connectivity index is 1.80. The minimum absolute atomic E-state index is 0.113. The Morgan fingerprint density at radius 1 is 1.40 bits per heavy atom. The highest BCUT2D eigenvalue weighted by Crippen LogP contribution is 2.26. The Bertz CT molecular complexity index is 330. The van der Waals surface area contributed by atoms with Crippen LogP contribution < -0.4 is 5.32 Å². The van der Waals surface area contributed by atoms with Gasteiger partial charge in [0.25, 0.3) is 0 Å². The molecule has 0 aromatic heterocycles.